The highest BCUT2D eigenvalue weighted by atomic mass is 32.1. The molecule has 5 aromatic rings. The van der Waals surface area contributed by atoms with Crippen LogP contribution in [0.3, 0.4) is 0 Å². The molecule has 2 amide bonds. The smallest absolute Gasteiger partial charge is 0.416 e. The maximum absolute atomic E-state index is 13.8. The lowest BCUT2D eigenvalue weighted by molar-refractivity contribution is -0.143. The number of carbonyl (C=O) groups excluding carboxylic acids is 2. The van der Waals surface area contributed by atoms with Crippen LogP contribution in [0.25, 0.3) is 11.4 Å². The van der Waals surface area contributed by atoms with E-state index in [9.17, 15) is 22.8 Å². The number of carbonyl (C=O) groups is 2. The van der Waals surface area contributed by atoms with Gasteiger partial charge in [0, 0.05) is 17.0 Å². The minimum atomic E-state index is -4.47. The quantitative estimate of drug-likeness (QED) is 0.232. The summed E-state index contributed by atoms with van der Waals surface area (Å²) in [6.07, 6.45) is -4.47. The van der Waals surface area contributed by atoms with Crippen LogP contribution < -0.4 is 5.32 Å². The van der Waals surface area contributed by atoms with Crippen LogP contribution in [0.5, 0.6) is 0 Å². The van der Waals surface area contributed by atoms with E-state index in [0.717, 1.165) is 27.4 Å². The Kier molecular flexibility index (Phi) is 8.48. The second-order valence-corrected chi connectivity index (χ2v) is 10.4. The number of rotatable bonds is 10. The van der Waals surface area contributed by atoms with Crippen molar-refractivity contribution >= 4 is 23.2 Å². The molecule has 0 aliphatic heterocycles. The lowest BCUT2D eigenvalue weighted by Gasteiger charge is -2.29. The number of nitrogens with one attached hydrogen (secondary N) is 1. The van der Waals surface area contributed by atoms with Crippen molar-refractivity contribution in [2.75, 3.05) is 0 Å². The van der Waals surface area contributed by atoms with Crippen LogP contribution in [0.15, 0.2) is 88.7 Å². The number of tetrazole rings is 1. The molecule has 1 atom stereocenters. The van der Waals surface area contributed by atoms with Crippen LogP contribution in [0.2, 0.25) is 0 Å². The predicted octanol–water partition coefficient (Wildman–Crippen LogP) is 5.41. The number of furan rings is 1. The van der Waals surface area contributed by atoms with Crippen LogP contribution >= 0.6 is 11.3 Å². The molecule has 0 saturated heterocycles. The average molecular weight is 595 g/mol. The maximum atomic E-state index is 13.8. The second kappa shape index (κ2) is 12.4. The van der Waals surface area contributed by atoms with Crippen molar-refractivity contribution < 1.29 is 27.2 Å². The molecule has 9 nitrogen and oxygen atoms in total. The summed E-state index contributed by atoms with van der Waals surface area (Å²) in [5, 5.41) is 16.8. The SMILES string of the molecule is Cc1ccc(C(C(=O)NCc2ccccc2)N(Cc2cccs2)C(=O)Cn2nnc(-c3ccc(C(F)(F)F)cc3)n2)o1. The van der Waals surface area contributed by atoms with Gasteiger partial charge in [0.2, 0.25) is 11.7 Å². The first kappa shape index (κ1) is 28.7. The van der Waals surface area contributed by atoms with Crippen LogP contribution in [0.4, 0.5) is 13.2 Å². The number of nitrogens with zero attached hydrogens (tertiary/aromatic N) is 5. The third kappa shape index (κ3) is 6.92. The Morgan fingerprint density at radius 1 is 1.02 bits per heavy atom. The number of benzene rings is 2. The third-order valence-electron chi connectivity index (χ3n) is 6.33. The molecule has 13 heteroatoms. The molecule has 2 aromatic carbocycles. The summed E-state index contributed by atoms with van der Waals surface area (Å²) in [4.78, 5) is 30.7. The molecule has 0 fully saturated rings. The van der Waals surface area contributed by atoms with E-state index in [1.807, 2.05) is 47.8 Å². The molecule has 3 heterocycles. The van der Waals surface area contributed by atoms with Gasteiger partial charge < -0.3 is 14.6 Å². The molecule has 0 aliphatic carbocycles. The first-order chi connectivity index (χ1) is 20.2. The van der Waals surface area contributed by atoms with Crippen molar-refractivity contribution in [2.24, 2.45) is 0 Å². The standard InChI is InChI=1S/C29H25F3N6O3S/c1-19-9-14-24(41-19)26(28(40)33-16-20-6-3-2-4-7-20)37(17-23-8-5-15-42-23)25(39)18-38-35-27(34-36-38)21-10-12-22(13-11-21)29(30,31)32/h2-15,26H,16-18H2,1H3,(H,33,40). The Morgan fingerprint density at radius 2 is 1.79 bits per heavy atom. The molecule has 42 heavy (non-hydrogen) atoms. The van der Waals surface area contributed by atoms with E-state index in [4.69, 9.17) is 4.42 Å². The topological polar surface area (TPSA) is 106 Å². The van der Waals surface area contributed by atoms with E-state index in [0.29, 0.717) is 17.1 Å². The fraction of sp³-hybridized carbons (Fsp3) is 0.207. The largest absolute Gasteiger partial charge is 0.464 e. The average Bonchev–Trinajstić information content (AvgIpc) is 3.75. The monoisotopic (exact) mass is 594 g/mol. The molecule has 0 spiro atoms. The first-order valence-corrected chi connectivity index (χ1v) is 13.7. The number of aromatic nitrogens is 4. The molecule has 0 radical (unpaired) electrons. The number of hydrogen-bond acceptors (Lipinski definition) is 7. The zero-order chi connectivity index (χ0) is 29.7. The molecule has 216 valence electrons. The van der Waals surface area contributed by atoms with E-state index in [1.54, 1.807) is 19.1 Å². The Hall–Kier alpha value is -4.78. The van der Waals surface area contributed by atoms with E-state index < -0.39 is 29.6 Å². The van der Waals surface area contributed by atoms with Gasteiger partial charge in [0.05, 0.1) is 12.1 Å². The Morgan fingerprint density at radius 3 is 2.43 bits per heavy atom. The zero-order valence-electron chi connectivity index (χ0n) is 22.3. The van der Waals surface area contributed by atoms with E-state index in [-0.39, 0.29) is 25.5 Å². The van der Waals surface area contributed by atoms with Gasteiger partial charge in [-0.2, -0.15) is 18.0 Å². The summed E-state index contributed by atoms with van der Waals surface area (Å²) in [5.74, 6) is -0.00241. The summed E-state index contributed by atoms with van der Waals surface area (Å²) >= 11 is 1.43. The normalized spacial score (nSPS) is 12.2. The van der Waals surface area contributed by atoms with E-state index in [2.05, 4.69) is 20.7 Å². The summed E-state index contributed by atoms with van der Waals surface area (Å²) in [6.45, 7) is 1.73. The summed E-state index contributed by atoms with van der Waals surface area (Å²) in [7, 11) is 0. The second-order valence-electron chi connectivity index (χ2n) is 9.37. The van der Waals surface area contributed by atoms with Crippen LogP contribution in [0, 0.1) is 6.92 Å². The number of hydrogen-bond donors (Lipinski definition) is 1. The minimum absolute atomic E-state index is 0.0557. The van der Waals surface area contributed by atoms with Gasteiger partial charge in [-0.25, -0.2) is 0 Å². The Balaban J connectivity index is 1.40. The van der Waals surface area contributed by atoms with Crippen molar-refractivity contribution in [3.8, 4) is 11.4 Å². The molecule has 3 aromatic heterocycles. The van der Waals surface area contributed by atoms with Crippen molar-refractivity contribution in [3.63, 3.8) is 0 Å². The van der Waals surface area contributed by atoms with Crippen molar-refractivity contribution in [2.45, 2.75) is 38.8 Å². The molecule has 0 aliphatic rings. The van der Waals surface area contributed by atoms with Gasteiger partial charge in [-0.1, -0.05) is 48.5 Å². The van der Waals surface area contributed by atoms with E-state index >= 15 is 0 Å². The van der Waals surface area contributed by atoms with Gasteiger partial charge in [-0.15, -0.1) is 21.5 Å². The van der Waals surface area contributed by atoms with Gasteiger partial charge in [0.1, 0.15) is 18.1 Å². The highest BCUT2D eigenvalue weighted by Gasteiger charge is 2.35. The molecule has 1 unspecified atom stereocenters. The lowest BCUT2D eigenvalue weighted by Crippen LogP contribution is -2.44. The molecular weight excluding hydrogens is 569 g/mol. The molecule has 5 rings (SSSR count). The van der Waals surface area contributed by atoms with Crippen molar-refractivity contribution in [3.05, 3.63) is 112 Å². The zero-order valence-corrected chi connectivity index (χ0v) is 23.1. The highest BCUT2D eigenvalue weighted by molar-refractivity contribution is 7.09. The number of alkyl halides is 3. The Labute approximate surface area is 242 Å². The molecule has 0 bridgehead atoms. The van der Waals surface area contributed by atoms with Crippen LogP contribution in [-0.2, 0) is 35.4 Å². The van der Waals surface area contributed by atoms with Gasteiger partial charge in [-0.05, 0) is 53.4 Å². The van der Waals surface area contributed by atoms with Gasteiger partial charge in [0.25, 0.3) is 5.91 Å². The van der Waals surface area contributed by atoms with Gasteiger partial charge in [0.15, 0.2) is 6.04 Å². The minimum Gasteiger partial charge on any atom is -0.464 e. The van der Waals surface area contributed by atoms with Crippen molar-refractivity contribution in [1.29, 1.82) is 0 Å². The summed E-state index contributed by atoms with van der Waals surface area (Å²) < 4.78 is 44.6. The fourth-order valence-electron chi connectivity index (χ4n) is 4.25. The lowest BCUT2D eigenvalue weighted by atomic mass is 10.1. The number of amides is 2. The number of thiophene rings is 1. The van der Waals surface area contributed by atoms with E-state index in [1.165, 1.54) is 28.4 Å². The number of aryl methyl sites for hydroxylation is 1. The van der Waals surface area contributed by atoms with Crippen molar-refractivity contribution in [1.82, 2.24) is 30.4 Å². The number of halogens is 3. The summed E-state index contributed by atoms with van der Waals surface area (Å²) in [6, 6.07) is 19.7. The first-order valence-electron chi connectivity index (χ1n) is 12.8. The van der Waals surface area contributed by atoms with Crippen LogP contribution in [-0.4, -0.2) is 36.9 Å². The fourth-order valence-corrected chi connectivity index (χ4v) is 4.95. The predicted molar refractivity (Wildman–Crippen MR) is 148 cm³/mol. The highest BCUT2D eigenvalue weighted by Crippen LogP contribution is 2.30. The molecule has 0 saturated carbocycles. The molecular formula is C29H25F3N6O3S. The van der Waals surface area contributed by atoms with Crippen LogP contribution in [0.1, 0.15) is 33.6 Å². The Bertz CT molecular complexity index is 1630. The summed E-state index contributed by atoms with van der Waals surface area (Å²) in [5.41, 5.74) is 0.392. The molecule has 1 N–H and O–H groups in total. The van der Waals surface area contributed by atoms with Gasteiger partial charge in [-0.3, -0.25) is 9.59 Å². The maximum Gasteiger partial charge on any atom is 0.416 e. The third-order valence-corrected chi connectivity index (χ3v) is 7.19. The van der Waals surface area contributed by atoms with Gasteiger partial charge >= 0.3 is 6.18 Å².